The van der Waals surface area contributed by atoms with Crippen LogP contribution in [0, 0.1) is 6.92 Å². The minimum absolute atomic E-state index is 0.136. The van der Waals surface area contributed by atoms with E-state index in [1.807, 2.05) is 13.8 Å². The largest absolute Gasteiger partial charge is 0.476 e. The number of carbonyl (C=O) groups is 1. The van der Waals surface area contributed by atoms with Crippen molar-refractivity contribution in [3.05, 3.63) is 22.1 Å². The molecule has 0 unspecified atom stereocenters. The van der Waals surface area contributed by atoms with Crippen LogP contribution >= 0.6 is 15.9 Å². The number of aromatic nitrogens is 3. The number of hydrogen-bond donors (Lipinski definition) is 1. The van der Waals surface area contributed by atoms with Gasteiger partial charge in [0.1, 0.15) is 4.47 Å². The second kappa shape index (κ2) is 4.33. The number of nitrogens with zero attached hydrogens (tertiary/aromatic N) is 3. The predicted octanol–water partition coefficient (Wildman–Crippen LogP) is 2.33. The first-order valence-corrected chi connectivity index (χ1v) is 5.76. The van der Waals surface area contributed by atoms with Gasteiger partial charge < -0.3 is 9.63 Å². The summed E-state index contributed by atoms with van der Waals surface area (Å²) in [5, 5.41) is 16.6. The number of carboxylic acids is 1. The molecule has 0 amide bonds. The van der Waals surface area contributed by atoms with Gasteiger partial charge in [-0.3, -0.25) is 4.68 Å². The Bertz CT molecular complexity index is 573. The highest BCUT2D eigenvalue weighted by atomic mass is 79.9. The molecule has 0 atom stereocenters. The van der Waals surface area contributed by atoms with E-state index in [1.54, 1.807) is 10.9 Å². The van der Waals surface area contributed by atoms with E-state index in [0.717, 1.165) is 17.8 Å². The van der Waals surface area contributed by atoms with Crippen LogP contribution in [-0.4, -0.2) is 26.0 Å². The van der Waals surface area contributed by atoms with E-state index in [2.05, 4.69) is 26.2 Å². The third kappa shape index (κ3) is 1.97. The van der Waals surface area contributed by atoms with Gasteiger partial charge in [-0.15, -0.1) is 0 Å². The number of aromatic carboxylic acids is 1. The monoisotopic (exact) mass is 299 g/mol. The molecule has 0 fully saturated rings. The zero-order valence-corrected chi connectivity index (χ0v) is 10.9. The topological polar surface area (TPSA) is 81.2 Å². The molecule has 7 heteroatoms. The van der Waals surface area contributed by atoms with Gasteiger partial charge in [0.15, 0.2) is 5.76 Å². The molecule has 0 saturated heterocycles. The number of rotatable bonds is 3. The van der Waals surface area contributed by atoms with Crippen molar-refractivity contribution in [2.24, 2.45) is 0 Å². The first-order valence-electron chi connectivity index (χ1n) is 4.97. The van der Waals surface area contributed by atoms with Crippen molar-refractivity contribution < 1.29 is 14.4 Å². The van der Waals surface area contributed by atoms with Crippen molar-refractivity contribution in [2.75, 3.05) is 0 Å². The number of halogens is 1. The van der Waals surface area contributed by atoms with Crippen LogP contribution in [0.1, 0.15) is 23.1 Å². The maximum atomic E-state index is 10.8. The van der Waals surface area contributed by atoms with Gasteiger partial charge in [-0.25, -0.2) is 4.79 Å². The second-order valence-electron chi connectivity index (χ2n) is 3.46. The summed E-state index contributed by atoms with van der Waals surface area (Å²) >= 11 is 3.18. The molecule has 2 aromatic heterocycles. The van der Waals surface area contributed by atoms with Gasteiger partial charge in [0.25, 0.3) is 0 Å². The van der Waals surface area contributed by atoms with Crippen LogP contribution in [0.2, 0.25) is 0 Å². The van der Waals surface area contributed by atoms with Crippen LogP contribution in [0.3, 0.4) is 0 Å². The average Bonchev–Trinajstić information content (AvgIpc) is 2.81. The third-order valence-electron chi connectivity index (χ3n) is 2.35. The third-order valence-corrected chi connectivity index (χ3v) is 3.09. The van der Waals surface area contributed by atoms with Crippen LogP contribution in [0.15, 0.2) is 15.2 Å². The standard InChI is InChI=1S/C10H10BrN3O3/c1-3-14-4-6(5(2)12-14)9-7(11)8(10(15)16)13-17-9/h4H,3H2,1-2H3,(H,15,16). The second-order valence-corrected chi connectivity index (χ2v) is 4.26. The van der Waals surface area contributed by atoms with E-state index < -0.39 is 5.97 Å². The lowest BCUT2D eigenvalue weighted by molar-refractivity contribution is 0.0685. The first-order chi connectivity index (χ1) is 8.04. The molecule has 1 N–H and O–H groups in total. The van der Waals surface area contributed by atoms with Gasteiger partial charge in [-0.2, -0.15) is 5.10 Å². The van der Waals surface area contributed by atoms with Crippen LogP contribution in [-0.2, 0) is 6.54 Å². The van der Waals surface area contributed by atoms with E-state index in [4.69, 9.17) is 9.63 Å². The van der Waals surface area contributed by atoms with Crippen molar-refractivity contribution in [2.45, 2.75) is 20.4 Å². The molecule has 90 valence electrons. The lowest BCUT2D eigenvalue weighted by Gasteiger charge is -1.92. The highest BCUT2D eigenvalue weighted by Gasteiger charge is 2.22. The Labute approximate surface area is 105 Å². The number of carboxylic acid groups (broad SMARTS) is 1. The van der Waals surface area contributed by atoms with E-state index in [0.29, 0.717) is 10.2 Å². The molecule has 2 heterocycles. The van der Waals surface area contributed by atoms with Crippen molar-refractivity contribution in [1.82, 2.24) is 14.9 Å². The quantitative estimate of drug-likeness (QED) is 0.940. The Morgan fingerprint density at radius 1 is 1.65 bits per heavy atom. The van der Waals surface area contributed by atoms with Gasteiger partial charge in [0.05, 0.1) is 11.3 Å². The summed E-state index contributed by atoms with van der Waals surface area (Å²) in [5.41, 5.74) is 1.36. The fourth-order valence-electron chi connectivity index (χ4n) is 1.48. The van der Waals surface area contributed by atoms with Crippen molar-refractivity contribution in [3.63, 3.8) is 0 Å². The maximum absolute atomic E-state index is 10.8. The zero-order valence-electron chi connectivity index (χ0n) is 9.27. The first kappa shape index (κ1) is 11.8. The SMILES string of the molecule is CCn1cc(-c2onc(C(=O)O)c2Br)c(C)n1. The van der Waals surface area contributed by atoms with Crippen LogP contribution < -0.4 is 0 Å². The van der Waals surface area contributed by atoms with E-state index in [9.17, 15) is 4.79 Å². The Kier molecular flexibility index (Phi) is 3.01. The summed E-state index contributed by atoms with van der Waals surface area (Å²) in [6.07, 6.45) is 1.80. The highest BCUT2D eigenvalue weighted by Crippen LogP contribution is 2.32. The van der Waals surface area contributed by atoms with Gasteiger partial charge in [0.2, 0.25) is 5.69 Å². The molecule has 17 heavy (non-hydrogen) atoms. The van der Waals surface area contributed by atoms with Crippen LogP contribution in [0.4, 0.5) is 0 Å². The summed E-state index contributed by atoms with van der Waals surface area (Å²) in [6.45, 7) is 4.53. The highest BCUT2D eigenvalue weighted by molar-refractivity contribution is 9.10. The lowest BCUT2D eigenvalue weighted by atomic mass is 10.2. The summed E-state index contributed by atoms with van der Waals surface area (Å²) in [7, 11) is 0. The molecule has 0 aliphatic heterocycles. The molecule has 0 aliphatic carbocycles. The number of hydrogen-bond acceptors (Lipinski definition) is 4. The molecule has 0 spiro atoms. The number of aryl methyl sites for hydroxylation is 2. The van der Waals surface area contributed by atoms with Gasteiger partial charge in [-0.05, 0) is 29.8 Å². The summed E-state index contributed by atoms with van der Waals surface area (Å²) in [4.78, 5) is 10.8. The van der Waals surface area contributed by atoms with E-state index >= 15 is 0 Å². The van der Waals surface area contributed by atoms with Gasteiger partial charge in [0, 0.05) is 12.7 Å². The van der Waals surface area contributed by atoms with Crippen molar-refractivity contribution >= 4 is 21.9 Å². The summed E-state index contributed by atoms with van der Waals surface area (Å²) in [6, 6.07) is 0. The van der Waals surface area contributed by atoms with E-state index in [-0.39, 0.29) is 5.69 Å². The van der Waals surface area contributed by atoms with Crippen LogP contribution in [0.25, 0.3) is 11.3 Å². The van der Waals surface area contributed by atoms with E-state index in [1.165, 1.54) is 0 Å². The smallest absolute Gasteiger partial charge is 0.359 e. The molecule has 2 rings (SSSR count). The zero-order chi connectivity index (χ0) is 12.6. The fraction of sp³-hybridized carbons (Fsp3) is 0.300. The Morgan fingerprint density at radius 2 is 2.35 bits per heavy atom. The van der Waals surface area contributed by atoms with Crippen molar-refractivity contribution in [1.29, 1.82) is 0 Å². The molecule has 0 aliphatic rings. The molecule has 0 bridgehead atoms. The summed E-state index contributed by atoms with van der Waals surface area (Å²) < 4.78 is 7.14. The molecular weight excluding hydrogens is 290 g/mol. The normalized spacial score (nSPS) is 10.8. The van der Waals surface area contributed by atoms with Gasteiger partial charge >= 0.3 is 5.97 Å². The Hall–Kier alpha value is -1.63. The minimum Gasteiger partial charge on any atom is -0.476 e. The maximum Gasteiger partial charge on any atom is 0.359 e. The van der Waals surface area contributed by atoms with Crippen LogP contribution in [0.5, 0.6) is 0 Å². The molecule has 6 nitrogen and oxygen atoms in total. The predicted molar refractivity (Wildman–Crippen MR) is 62.8 cm³/mol. The molecule has 0 saturated carbocycles. The molecule has 0 radical (unpaired) electrons. The fourth-order valence-corrected chi connectivity index (χ4v) is 2.01. The average molecular weight is 300 g/mol. The summed E-state index contributed by atoms with van der Waals surface area (Å²) in [5.74, 6) is -0.744. The molecule has 0 aromatic carbocycles. The minimum atomic E-state index is -1.13. The molecular formula is C10H10BrN3O3. The Morgan fingerprint density at radius 3 is 2.82 bits per heavy atom. The Balaban J connectivity index is 2.53. The molecule has 2 aromatic rings. The van der Waals surface area contributed by atoms with Gasteiger partial charge in [-0.1, -0.05) is 5.16 Å². The van der Waals surface area contributed by atoms with Crippen molar-refractivity contribution in [3.8, 4) is 11.3 Å². The lowest BCUT2D eigenvalue weighted by Crippen LogP contribution is -1.96.